The molecule has 1 aromatic carbocycles. The minimum atomic E-state index is 0.0734. The van der Waals surface area contributed by atoms with Crippen molar-refractivity contribution in [3.63, 3.8) is 0 Å². The highest BCUT2D eigenvalue weighted by atomic mass is 79.9. The minimum Gasteiger partial charge on any atom is -0.392 e. The van der Waals surface area contributed by atoms with Crippen LogP contribution in [-0.4, -0.2) is 5.11 Å². The van der Waals surface area contributed by atoms with Gasteiger partial charge >= 0.3 is 0 Å². The molecular formula is C9H6Br2OS. The van der Waals surface area contributed by atoms with Crippen molar-refractivity contribution in [3.05, 3.63) is 32.0 Å². The van der Waals surface area contributed by atoms with Gasteiger partial charge in [-0.05, 0) is 45.1 Å². The van der Waals surface area contributed by atoms with Crippen molar-refractivity contribution in [2.45, 2.75) is 6.61 Å². The summed E-state index contributed by atoms with van der Waals surface area (Å²) in [6, 6.07) is 6.10. The lowest BCUT2D eigenvalue weighted by molar-refractivity contribution is 0.281. The molecule has 0 spiro atoms. The maximum Gasteiger partial charge on any atom is 0.0711 e. The first-order valence-electron chi connectivity index (χ1n) is 3.69. The number of aliphatic hydroxyl groups is 1. The summed E-state index contributed by atoms with van der Waals surface area (Å²) in [5, 5.41) is 10.2. The van der Waals surface area contributed by atoms with Gasteiger partial charge < -0.3 is 5.11 Å². The molecule has 0 unspecified atom stereocenters. The third kappa shape index (κ3) is 1.81. The number of hydrogen-bond donors (Lipinski definition) is 1. The van der Waals surface area contributed by atoms with Crippen molar-refractivity contribution in [1.29, 1.82) is 0 Å². The monoisotopic (exact) mass is 320 g/mol. The summed E-state index contributed by atoms with van der Waals surface area (Å²) in [4.78, 5) is 0. The fraction of sp³-hybridized carbons (Fsp3) is 0.111. The highest BCUT2D eigenvalue weighted by Crippen LogP contribution is 2.33. The van der Waals surface area contributed by atoms with E-state index in [9.17, 15) is 0 Å². The molecule has 2 rings (SSSR count). The second-order valence-corrected chi connectivity index (χ2v) is 6.01. The van der Waals surface area contributed by atoms with Gasteiger partial charge in [0.05, 0.1) is 10.4 Å². The van der Waals surface area contributed by atoms with Crippen LogP contribution in [0.3, 0.4) is 0 Å². The molecule has 0 saturated carbocycles. The van der Waals surface area contributed by atoms with Crippen LogP contribution in [-0.2, 0) is 6.61 Å². The SMILES string of the molecule is OCc1cc2cc(Br)sc2cc1Br. The van der Waals surface area contributed by atoms with Crippen LogP contribution in [0.4, 0.5) is 0 Å². The van der Waals surface area contributed by atoms with Crippen LogP contribution in [0, 0.1) is 0 Å². The van der Waals surface area contributed by atoms with Gasteiger partial charge in [-0.3, -0.25) is 0 Å². The Bertz CT molecular complexity index is 450. The Morgan fingerprint density at radius 3 is 2.69 bits per heavy atom. The van der Waals surface area contributed by atoms with Gasteiger partial charge in [0.15, 0.2) is 0 Å². The third-order valence-corrected chi connectivity index (χ3v) is 4.16. The number of thiophene rings is 1. The molecule has 1 N–H and O–H groups in total. The molecule has 2 aromatic rings. The smallest absolute Gasteiger partial charge is 0.0711 e. The van der Waals surface area contributed by atoms with Crippen LogP contribution < -0.4 is 0 Å². The van der Waals surface area contributed by atoms with E-state index < -0.39 is 0 Å². The summed E-state index contributed by atoms with van der Waals surface area (Å²) in [7, 11) is 0. The van der Waals surface area contributed by atoms with E-state index in [2.05, 4.69) is 37.9 Å². The molecule has 0 bridgehead atoms. The first-order chi connectivity index (χ1) is 6.20. The van der Waals surface area contributed by atoms with Crippen molar-refractivity contribution in [3.8, 4) is 0 Å². The van der Waals surface area contributed by atoms with E-state index in [1.165, 1.54) is 10.1 Å². The summed E-state index contributed by atoms with van der Waals surface area (Å²) in [6.45, 7) is 0.0734. The summed E-state index contributed by atoms with van der Waals surface area (Å²) in [5.41, 5.74) is 0.929. The molecule has 13 heavy (non-hydrogen) atoms. The van der Waals surface area contributed by atoms with Crippen LogP contribution >= 0.6 is 43.2 Å². The molecule has 1 heterocycles. The van der Waals surface area contributed by atoms with E-state index in [1.807, 2.05) is 12.1 Å². The molecule has 0 aliphatic carbocycles. The largest absolute Gasteiger partial charge is 0.392 e. The Hall–Kier alpha value is 0.1000. The molecule has 4 heteroatoms. The van der Waals surface area contributed by atoms with Gasteiger partial charge in [0.25, 0.3) is 0 Å². The molecule has 0 atom stereocenters. The lowest BCUT2D eigenvalue weighted by Gasteiger charge is -1.99. The Morgan fingerprint density at radius 1 is 1.23 bits per heavy atom. The number of hydrogen-bond acceptors (Lipinski definition) is 2. The summed E-state index contributed by atoms with van der Waals surface area (Å²) in [5.74, 6) is 0. The highest BCUT2D eigenvalue weighted by Gasteiger charge is 2.04. The quantitative estimate of drug-likeness (QED) is 0.844. The molecule has 0 amide bonds. The minimum absolute atomic E-state index is 0.0734. The zero-order valence-electron chi connectivity index (χ0n) is 6.55. The van der Waals surface area contributed by atoms with Crippen molar-refractivity contribution in [2.75, 3.05) is 0 Å². The number of rotatable bonds is 1. The predicted molar refractivity (Wildman–Crippen MR) is 63.1 cm³/mol. The fourth-order valence-corrected chi connectivity index (χ4v) is 3.40. The van der Waals surface area contributed by atoms with Crippen LogP contribution in [0.1, 0.15) is 5.56 Å². The van der Waals surface area contributed by atoms with E-state index in [0.717, 1.165) is 13.8 Å². The van der Waals surface area contributed by atoms with Crippen LogP contribution in [0.25, 0.3) is 10.1 Å². The Labute approximate surface area is 96.6 Å². The van der Waals surface area contributed by atoms with Gasteiger partial charge in [0.1, 0.15) is 0 Å². The molecule has 0 fully saturated rings. The normalized spacial score (nSPS) is 11.0. The second kappa shape index (κ2) is 3.69. The van der Waals surface area contributed by atoms with Gasteiger partial charge in [0.2, 0.25) is 0 Å². The molecule has 68 valence electrons. The van der Waals surface area contributed by atoms with Crippen molar-refractivity contribution < 1.29 is 5.11 Å². The van der Waals surface area contributed by atoms with Crippen molar-refractivity contribution in [1.82, 2.24) is 0 Å². The van der Waals surface area contributed by atoms with E-state index >= 15 is 0 Å². The molecule has 0 aliphatic rings. The first-order valence-corrected chi connectivity index (χ1v) is 6.09. The summed E-state index contributed by atoms with van der Waals surface area (Å²) < 4.78 is 3.30. The molecule has 0 aliphatic heterocycles. The van der Waals surface area contributed by atoms with Crippen LogP contribution in [0.5, 0.6) is 0 Å². The molecule has 1 nitrogen and oxygen atoms in total. The lowest BCUT2D eigenvalue weighted by atomic mass is 10.2. The van der Waals surface area contributed by atoms with E-state index in [4.69, 9.17) is 5.11 Å². The molecule has 1 aromatic heterocycles. The third-order valence-electron chi connectivity index (χ3n) is 1.83. The zero-order valence-corrected chi connectivity index (χ0v) is 10.5. The topological polar surface area (TPSA) is 20.2 Å². The van der Waals surface area contributed by atoms with Crippen LogP contribution in [0.2, 0.25) is 0 Å². The summed E-state index contributed by atoms with van der Waals surface area (Å²) in [6.07, 6.45) is 0. The van der Waals surface area contributed by atoms with Gasteiger partial charge in [-0.2, -0.15) is 0 Å². The van der Waals surface area contributed by atoms with E-state index in [0.29, 0.717) is 0 Å². The summed E-state index contributed by atoms with van der Waals surface area (Å²) >= 11 is 8.55. The van der Waals surface area contributed by atoms with Gasteiger partial charge in [-0.1, -0.05) is 15.9 Å². The van der Waals surface area contributed by atoms with Gasteiger partial charge in [-0.15, -0.1) is 11.3 Å². The second-order valence-electron chi connectivity index (χ2n) is 2.69. The highest BCUT2D eigenvalue weighted by molar-refractivity contribution is 9.11. The van der Waals surface area contributed by atoms with Crippen LogP contribution in [0.15, 0.2) is 26.5 Å². The number of fused-ring (bicyclic) bond motifs is 1. The Kier molecular flexibility index (Phi) is 2.74. The first kappa shape index (κ1) is 9.65. The Morgan fingerprint density at radius 2 is 2.00 bits per heavy atom. The number of aliphatic hydroxyl groups excluding tert-OH is 1. The Balaban J connectivity index is 2.72. The van der Waals surface area contributed by atoms with Crippen molar-refractivity contribution >= 4 is 53.3 Å². The van der Waals surface area contributed by atoms with Crippen molar-refractivity contribution in [2.24, 2.45) is 0 Å². The van der Waals surface area contributed by atoms with Gasteiger partial charge in [0, 0.05) is 9.17 Å². The predicted octanol–water partition coefficient (Wildman–Crippen LogP) is 3.92. The number of benzene rings is 1. The molecule has 0 radical (unpaired) electrons. The zero-order chi connectivity index (χ0) is 9.42. The molecule has 0 saturated heterocycles. The average Bonchev–Trinajstić information content (AvgIpc) is 2.42. The lowest BCUT2D eigenvalue weighted by Crippen LogP contribution is -1.83. The fourth-order valence-electron chi connectivity index (χ4n) is 1.20. The van der Waals surface area contributed by atoms with Gasteiger partial charge in [-0.25, -0.2) is 0 Å². The average molecular weight is 322 g/mol. The van der Waals surface area contributed by atoms with E-state index in [1.54, 1.807) is 11.3 Å². The standard InChI is InChI=1S/C9H6Br2OS/c10-7-3-8-5(1-6(7)4-12)2-9(11)13-8/h1-3,12H,4H2. The maximum atomic E-state index is 9.05. The maximum absolute atomic E-state index is 9.05. The number of halogens is 2. The van der Waals surface area contributed by atoms with E-state index in [-0.39, 0.29) is 6.61 Å². The molecular weight excluding hydrogens is 316 g/mol.